The molecule has 0 unspecified atom stereocenters. The number of morpholine rings is 1. The highest BCUT2D eigenvalue weighted by Crippen LogP contribution is 2.28. The molecule has 1 aliphatic rings. The van der Waals surface area contributed by atoms with Gasteiger partial charge in [0.05, 0.1) is 31.0 Å². The SMILES string of the molecule is Cc1cc(Nc2nc(C)c(C)s2)cc([C@@H]2CN(C(=O)Cc3ccc(F)cc3)CCO2)n1. The Morgan fingerprint density at radius 1 is 1.23 bits per heavy atom. The highest BCUT2D eigenvalue weighted by atomic mass is 32.1. The summed E-state index contributed by atoms with van der Waals surface area (Å²) in [6.45, 7) is 7.40. The molecule has 3 aromatic rings. The fourth-order valence-corrected chi connectivity index (χ4v) is 4.36. The van der Waals surface area contributed by atoms with Crippen molar-refractivity contribution in [3.63, 3.8) is 0 Å². The summed E-state index contributed by atoms with van der Waals surface area (Å²) >= 11 is 1.61. The molecule has 0 saturated carbocycles. The Kier molecular flexibility index (Phi) is 6.29. The van der Waals surface area contributed by atoms with Gasteiger partial charge in [-0.15, -0.1) is 11.3 Å². The van der Waals surface area contributed by atoms with Crippen molar-refractivity contribution < 1.29 is 13.9 Å². The Morgan fingerprint density at radius 2 is 2.00 bits per heavy atom. The molecule has 31 heavy (non-hydrogen) atoms. The molecule has 4 rings (SSSR count). The monoisotopic (exact) mass is 440 g/mol. The Labute approximate surface area is 185 Å². The molecule has 1 aliphatic heterocycles. The van der Waals surface area contributed by atoms with E-state index in [0.29, 0.717) is 19.7 Å². The van der Waals surface area contributed by atoms with Gasteiger partial charge in [0.1, 0.15) is 11.9 Å². The zero-order valence-corrected chi connectivity index (χ0v) is 18.6. The minimum atomic E-state index is -0.305. The third kappa shape index (κ3) is 5.26. The first kappa shape index (κ1) is 21.4. The Bertz CT molecular complexity index is 1060. The largest absolute Gasteiger partial charge is 0.368 e. The molecule has 6 nitrogen and oxygen atoms in total. The maximum absolute atomic E-state index is 13.1. The molecule has 1 N–H and O–H groups in total. The van der Waals surface area contributed by atoms with Crippen LogP contribution in [0.5, 0.6) is 0 Å². The first-order valence-electron chi connectivity index (χ1n) is 10.2. The van der Waals surface area contributed by atoms with Crippen molar-refractivity contribution in [1.82, 2.24) is 14.9 Å². The van der Waals surface area contributed by atoms with Crippen LogP contribution in [0.3, 0.4) is 0 Å². The van der Waals surface area contributed by atoms with E-state index in [2.05, 4.69) is 22.2 Å². The summed E-state index contributed by atoms with van der Waals surface area (Å²) in [7, 11) is 0. The number of nitrogens with zero attached hydrogens (tertiary/aromatic N) is 3. The molecule has 1 saturated heterocycles. The van der Waals surface area contributed by atoms with Gasteiger partial charge in [0.15, 0.2) is 5.13 Å². The van der Waals surface area contributed by atoms with Gasteiger partial charge in [-0.05, 0) is 50.6 Å². The zero-order valence-electron chi connectivity index (χ0n) is 17.8. The van der Waals surface area contributed by atoms with Gasteiger partial charge in [-0.1, -0.05) is 12.1 Å². The summed E-state index contributed by atoms with van der Waals surface area (Å²) in [6, 6.07) is 9.97. The minimum absolute atomic E-state index is 0.000328. The minimum Gasteiger partial charge on any atom is -0.368 e. The number of hydrogen-bond acceptors (Lipinski definition) is 6. The van der Waals surface area contributed by atoms with E-state index in [9.17, 15) is 9.18 Å². The number of hydrogen-bond donors (Lipinski definition) is 1. The summed E-state index contributed by atoms with van der Waals surface area (Å²) < 4.78 is 19.1. The van der Waals surface area contributed by atoms with Gasteiger partial charge in [-0.2, -0.15) is 0 Å². The number of aryl methyl sites for hydroxylation is 3. The number of nitrogens with one attached hydrogen (secondary N) is 1. The molecule has 1 atom stereocenters. The fourth-order valence-electron chi connectivity index (χ4n) is 3.52. The topological polar surface area (TPSA) is 67.4 Å². The average Bonchev–Trinajstić information content (AvgIpc) is 3.06. The van der Waals surface area contributed by atoms with Crippen LogP contribution in [0.15, 0.2) is 36.4 Å². The highest BCUT2D eigenvalue weighted by molar-refractivity contribution is 7.15. The third-order valence-electron chi connectivity index (χ3n) is 5.27. The lowest BCUT2D eigenvalue weighted by molar-refractivity contribution is -0.138. The van der Waals surface area contributed by atoms with Crippen molar-refractivity contribution in [2.45, 2.75) is 33.3 Å². The maximum Gasteiger partial charge on any atom is 0.227 e. The lowest BCUT2D eigenvalue weighted by Gasteiger charge is -2.33. The number of thiazole rings is 1. The van der Waals surface area contributed by atoms with Crippen LogP contribution < -0.4 is 5.32 Å². The average molecular weight is 441 g/mol. The van der Waals surface area contributed by atoms with Crippen LogP contribution in [-0.4, -0.2) is 40.5 Å². The van der Waals surface area contributed by atoms with Crippen molar-refractivity contribution in [3.05, 3.63) is 69.7 Å². The highest BCUT2D eigenvalue weighted by Gasteiger charge is 2.27. The molecule has 1 amide bonds. The Morgan fingerprint density at radius 3 is 2.71 bits per heavy atom. The summed E-state index contributed by atoms with van der Waals surface area (Å²) in [4.78, 5) is 24.9. The van der Waals surface area contributed by atoms with E-state index in [4.69, 9.17) is 4.74 Å². The van der Waals surface area contributed by atoms with Crippen molar-refractivity contribution in [1.29, 1.82) is 0 Å². The lowest BCUT2D eigenvalue weighted by Crippen LogP contribution is -2.43. The molecule has 8 heteroatoms. The number of rotatable bonds is 5. The van der Waals surface area contributed by atoms with E-state index in [-0.39, 0.29) is 24.2 Å². The second-order valence-corrected chi connectivity index (χ2v) is 8.91. The van der Waals surface area contributed by atoms with Gasteiger partial charge in [0, 0.05) is 22.8 Å². The van der Waals surface area contributed by atoms with Crippen LogP contribution in [-0.2, 0) is 16.0 Å². The number of carbonyl (C=O) groups excluding carboxylic acids is 1. The van der Waals surface area contributed by atoms with E-state index >= 15 is 0 Å². The third-order valence-corrected chi connectivity index (χ3v) is 6.26. The van der Waals surface area contributed by atoms with Crippen LogP contribution >= 0.6 is 11.3 Å². The van der Waals surface area contributed by atoms with Gasteiger partial charge < -0.3 is 15.0 Å². The van der Waals surface area contributed by atoms with Crippen LogP contribution in [0, 0.1) is 26.6 Å². The van der Waals surface area contributed by atoms with Crippen LogP contribution in [0.4, 0.5) is 15.2 Å². The second-order valence-electron chi connectivity index (χ2n) is 7.71. The van der Waals surface area contributed by atoms with Crippen LogP contribution in [0.25, 0.3) is 0 Å². The molecule has 0 bridgehead atoms. The van der Waals surface area contributed by atoms with Gasteiger partial charge in [-0.3, -0.25) is 9.78 Å². The number of benzene rings is 1. The fraction of sp³-hybridized carbons (Fsp3) is 0.348. The molecule has 162 valence electrons. The molecular weight excluding hydrogens is 415 g/mol. The smallest absolute Gasteiger partial charge is 0.227 e. The summed E-state index contributed by atoms with van der Waals surface area (Å²) in [5.74, 6) is -0.305. The summed E-state index contributed by atoms with van der Waals surface area (Å²) in [6.07, 6.45) is -0.0600. The van der Waals surface area contributed by atoms with Crippen molar-refractivity contribution >= 4 is 28.1 Å². The number of pyridine rings is 1. The molecule has 1 fully saturated rings. The number of aromatic nitrogens is 2. The predicted molar refractivity (Wildman–Crippen MR) is 119 cm³/mol. The number of ether oxygens (including phenoxy) is 1. The summed E-state index contributed by atoms with van der Waals surface area (Å²) in [5.41, 5.74) is 4.36. The molecule has 0 radical (unpaired) electrons. The normalized spacial score (nSPS) is 16.4. The quantitative estimate of drug-likeness (QED) is 0.633. The van der Waals surface area contributed by atoms with Crippen molar-refractivity contribution in [3.8, 4) is 0 Å². The van der Waals surface area contributed by atoms with Crippen LogP contribution in [0.1, 0.15) is 33.6 Å². The molecule has 1 aromatic carbocycles. The van der Waals surface area contributed by atoms with E-state index < -0.39 is 0 Å². The number of amides is 1. The maximum atomic E-state index is 13.1. The van der Waals surface area contributed by atoms with Gasteiger partial charge in [-0.25, -0.2) is 9.37 Å². The Balaban J connectivity index is 1.46. The number of halogens is 1. The van der Waals surface area contributed by atoms with Crippen LogP contribution in [0.2, 0.25) is 0 Å². The predicted octanol–water partition coefficient (Wildman–Crippen LogP) is 4.49. The van der Waals surface area contributed by atoms with E-state index in [1.54, 1.807) is 28.4 Å². The molecule has 0 aliphatic carbocycles. The first-order valence-corrected chi connectivity index (χ1v) is 11.0. The van der Waals surface area contributed by atoms with E-state index in [1.165, 1.54) is 17.0 Å². The standard InChI is InChI=1S/C23H25FN4O2S/c1-14-10-19(27-23-26-15(2)16(3)31-23)12-20(25-14)21-13-28(8-9-30-21)22(29)11-17-4-6-18(24)7-5-17/h4-7,10,12,21H,8-9,11,13H2,1-3H3,(H,25,26,27)/t21-/m0/s1. The first-order chi connectivity index (χ1) is 14.9. The van der Waals surface area contributed by atoms with Crippen molar-refractivity contribution in [2.24, 2.45) is 0 Å². The molecule has 0 spiro atoms. The van der Waals surface area contributed by atoms with Crippen molar-refractivity contribution in [2.75, 3.05) is 25.0 Å². The molecular formula is C23H25FN4O2S. The second kappa shape index (κ2) is 9.11. The number of carbonyl (C=O) groups is 1. The van der Waals surface area contributed by atoms with Gasteiger partial charge in [0.2, 0.25) is 5.91 Å². The van der Waals surface area contributed by atoms with E-state index in [0.717, 1.165) is 33.5 Å². The van der Waals surface area contributed by atoms with Gasteiger partial charge in [0.25, 0.3) is 0 Å². The van der Waals surface area contributed by atoms with E-state index in [1.807, 2.05) is 26.0 Å². The lowest BCUT2D eigenvalue weighted by atomic mass is 10.1. The summed E-state index contributed by atoms with van der Waals surface area (Å²) in [5, 5.41) is 4.20. The molecule has 3 heterocycles. The number of anilines is 2. The Hall–Kier alpha value is -2.84. The zero-order chi connectivity index (χ0) is 22.0. The molecule has 2 aromatic heterocycles. The van der Waals surface area contributed by atoms with Gasteiger partial charge >= 0.3 is 0 Å².